The molecular weight excluding hydrogens is 378 g/mol. The summed E-state index contributed by atoms with van der Waals surface area (Å²) in [5.74, 6) is -1.18. The van der Waals surface area contributed by atoms with Crippen molar-refractivity contribution in [2.75, 3.05) is 0 Å². The number of pyridine rings is 2. The van der Waals surface area contributed by atoms with Crippen LogP contribution in [0.2, 0.25) is 0 Å². The molecule has 0 bridgehead atoms. The van der Waals surface area contributed by atoms with E-state index in [4.69, 9.17) is 5.73 Å². The van der Waals surface area contributed by atoms with Gasteiger partial charge >= 0.3 is 5.97 Å². The molecule has 0 atom stereocenters. The lowest BCUT2D eigenvalue weighted by molar-refractivity contribution is 0.0695. The Hall–Kier alpha value is -2.70. The fourth-order valence-corrected chi connectivity index (χ4v) is 3.73. The van der Waals surface area contributed by atoms with Crippen molar-refractivity contribution in [2.24, 2.45) is 5.73 Å². The molecule has 2 aromatic heterocycles. The number of aromatic nitrogens is 2. The van der Waals surface area contributed by atoms with Crippen molar-refractivity contribution in [3.8, 4) is 11.1 Å². The SMILES string of the molecule is Cc1cc(-c2ccc3c(=O)c(C(=O)O)cn(C4CC4)c3c2C)cc(CN)n1.Cl. The van der Waals surface area contributed by atoms with Gasteiger partial charge in [0, 0.05) is 29.9 Å². The number of carboxylic acid groups (broad SMARTS) is 1. The first-order valence-electron chi connectivity index (χ1n) is 9.00. The highest BCUT2D eigenvalue weighted by atomic mass is 35.5. The van der Waals surface area contributed by atoms with Crippen LogP contribution >= 0.6 is 12.4 Å². The lowest BCUT2D eigenvalue weighted by Crippen LogP contribution is -2.19. The lowest BCUT2D eigenvalue weighted by Gasteiger charge is -2.17. The molecule has 0 saturated heterocycles. The maximum absolute atomic E-state index is 12.7. The summed E-state index contributed by atoms with van der Waals surface area (Å²) in [5.41, 5.74) is 10.6. The highest BCUT2D eigenvalue weighted by Gasteiger charge is 2.28. The van der Waals surface area contributed by atoms with Crippen LogP contribution in [0.1, 0.15) is 46.2 Å². The summed E-state index contributed by atoms with van der Waals surface area (Å²) in [4.78, 5) is 28.6. The summed E-state index contributed by atoms with van der Waals surface area (Å²) >= 11 is 0. The third kappa shape index (κ3) is 3.30. The molecule has 1 aliphatic rings. The van der Waals surface area contributed by atoms with Gasteiger partial charge in [0.25, 0.3) is 0 Å². The van der Waals surface area contributed by atoms with Gasteiger partial charge in [-0.3, -0.25) is 9.78 Å². The van der Waals surface area contributed by atoms with E-state index in [-0.39, 0.29) is 24.0 Å². The molecule has 1 aromatic carbocycles. The minimum atomic E-state index is -1.18. The summed E-state index contributed by atoms with van der Waals surface area (Å²) in [7, 11) is 0. The van der Waals surface area contributed by atoms with Crippen LogP contribution in [0, 0.1) is 13.8 Å². The highest BCUT2D eigenvalue weighted by molar-refractivity contribution is 5.95. The molecule has 28 heavy (non-hydrogen) atoms. The Balaban J connectivity index is 0.00000225. The van der Waals surface area contributed by atoms with Crippen molar-refractivity contribution in [3.63, 3.8) is 0 Å². The Kier molecular flexibility index (Phi) is 5.28. The van der Waals surface area contributed by atoms with E-state index in [1.807, 2.05) is 36.6 Å². The largest absolute Gasteiger partial charge is 0.477 e. The monoisotopic (exact) mass is 399 g/mol. The number of aromatic carboxylic acids is 1. The van der Waals surface area contributed by atoms with Crippen molar-refractivity contribution in [3.05, 3.63) is 63.2 Å². The number of fused-ring (bicyclic) bond motifs is 1. The molecule has 1 fully saturated rings. The van der Waals surface area contributed by atoms with E-state index in [1.54, 1.807) is 6.07 Å². The number of halogens is 1. The van der Waals surface area contributed by atoms with E-state index < -0.39 is 11.4 Å². The number of carbonyl (C=O) groups is 1. The number of benzene rings is 1. The molecule has 0 unspecified atom stereocenters. The Bertz CT molecular complexity index is 1150. The molecule has 0 amide bonds. The summed E-state index contributed by atoms with van der Waals surface area (Å²) in [6.45, 7) is 4.27. The second-order valence-corrected chi connectivity index (χ2v) is 7.14. The van der Waals surface area contributed by atoms with Gasteiger partial charge in [0.05, 0.1) is 11.2 Å². The fraction of sp³-hybridized carbons (Fsp3) is 0.286. The van der Waals surface area contributed by atoms with Gasteiger partial charge in [-0.25, -0.2) is 4.79 Å². The van der Waals surface area contributed by atoms with E-state index in [2.05, 4.69) is 4.98 Å². The predicted molar refractivity (Wildman–Crippen MR) is 111 cm³/mol. The first-order valence-corrected chi connectivity index (χ1v) is 9.00. The minimum absolute atomic E-state index is 0. The van der Waals surface area contributed by atoms with Gasteiger partial charge < -0.3 is 15.4 Å². The third-order valence-electron chi connectivity index (χ3n) is 5.14. The van der Waals surface area contributed by atoms with Gasteiger partial charge in [-0.05, 0) is 61.6 Å². The van der Waals surface area contributed by atoms with Crippen molar-refractivity contribution < 1.29 is 9.90 Å². The van der Waals surface area contributed by atoms with Crippen molar-refractivity contribution >= 4 is 29.3 Å². The molecule has 6 nitrogen and oxygen atoms in total. The fourth-order valence-electron chi connectivity index (χ4n) is 3.73. The number of aryl methyl sites for hydroxylation is 2. The molecule has 1 saturated carbocycles. The number of hydrogen-bond acceptors (Lipinski definition) is 4. The van der Waals surface area contributed by atoms with Gasteiger partial charge in [-0.15, -0.1) is 12.4 Å². The van der Waals surface area contributed by atoms with Crippen LogP contribution in [0.25, 0.3) is 22.0 Å². The predicted octanol–water partition coefficient (Wildman–Crippen LogP) is 3.59. The Morgan fingerprint density at radius 2 is 2.00 bits per heavy atom. The molecule has 0 aliphatic heterocycles. The highest BCUT2D eigenvalue weighted by Crippen LogP contribution is 2.39. The van der Waals surface area contributed by atoms with Gasteiger partial charge in [-0.1, -0.05) is 6.07 Å². The van der Waals surface area contributed by atoms with E-state index in [1.165, 1.54) is 6.20 Å². The van der Waals surface area contributed by atoms with Gasteiger partial charge in [0.15, 0.2) is 0 Å². The average molecular weight is 400 g/mol. The first-order chi connectivity index (χ1) is 12.9. The second-order valence-electron chi connectivity index (χ2n) is 7.14. The van der Waals surface area contributed by atoms with Gasteiger partial charge in [0.1, 0.15) is 5.56 Å². The molecule has 1 aliphatic carbocycles. The number of hydrogen-bond donors (Lipinski definition) is 2. The van der Waals surface area contributed by atoms with E-state index in [0.29, 0.717) is 11.9 Å². The maximum Gasteiger partial charge on any atom is 0.341 e. The third-order valence-corrected chi connectivity index (χ3v) is 5.14. The molecule has 0 radical (unpaired) electrons. The van der Waals surface area contributed by atoms with Gasteiger partial charge in [-0.2, -0.15) is 0 Å². The normalized spacial score (nSPS) is 13.4. The number of nitrogens with zero attached hydrogens (tertiary/aromatic N) is 2. The number of rotatable bonds is 4. The van der Waals surface area contributed by atoms with Crippen molar-refractivity contribution in [1.82, 2.24) is 9.55 Å². The molecule has 146 valence electrons. The quantitative estimate of drug-likeness (QED) is 0.698. The maximum atomic E-state index is 12.7. The standard InChI is InChI=1S/C21H21N3O3.ClH/c1-11-7-13(8-14(9-22)23-11)16-5-6-17-19(12(16)2)24(15-3-4-15)10-18(20(17)25)21(26)27;/h5-8,10,15H,3-4,9,22H2,1-2H3,(H,26,27);1H. The zero-order valence-corrected chi connectivity index (χ0v) is 16.5. The topological polar surface area (TPSA) is 98.2 Å². The average Bonchev–Trinajstić information content (AvgIpc) is 3.46. The Morgan fingerprint density at radius 3 is 2.61 bits per heavy atom. The summed E-state index contributed by atoms with van der Waals surface area (Å²) < 4.78 is 1.97. The Labute approximate surface area is 168 Å². The molecule has 2 heterocycles. The molecule has 3 N–H and O–H groups in total. The number of nitrogens with two attached hydrogens (primary N) is 1. The van der Waals surface area contributed by atoms with E-state index in [9.17, 15) is 14.7 Å². The van der Waals surface area contributed by atoms with Crippen LogP contribution in [0.5, 0.6) is 0 Å². The van der Waals surface area contributed by atoms with Gasteiger partial charge in [0.2, 0.25) is 5.43 Å². The van der Waals surface area contributed by atoms with Crippen LogP contribution < -0.4 is 11.2 Å². The summed E-state index contributed by atoms with van der Waals surface area (Å²) in [6.07, 6.45) is 3.49. The first kappa shape index (κ1) is 20.0. The van der Waals surface area contributed by atoms with E-state index >= 15 is 0 Å². The molecule has 3 aromatic rings. The molecule has 7 heteroatoms. The summed E-state index contributed by atoms with van der Waals surface area (Å²) in [5, 5.41) is 9.86. The van der Waals surface area contributed by atoms with Crippen molar-refractivity contribution in [2.45, 2.75) is 39.3 Å². The molecule has 4 rings (SSSR count). The zero-order valence-electron chi connectivity index (χ0n) is 15.7. The van der Waals surface area contributed by atoms with Crippen LogP contribution in [0.4, 0.5) is 0 Å². The van der Waals surface area contributed by atoms with Crippen LogP contribution in [-0.4, -0.2) is 20.6 Å². The second kappa shape index (κ2) is 7.37. The lowest BCUT2D eigenvalue weighted by atomic mass is 9.96. The van der Waals surface area contributed by atoms with E-state index in [0.717, 1.165) is 46.4 Å². The van der Waals surface area contributed by atoms with Crippen LogP contribution in [0.3, 0.4) is 0 Å². The Morgan fingerprint density at radius 1 is 1.29 bits per heavy atom. The summed E-state index contributed by atoms with van der Waals surface area (Å²) in [6, 6.07) is 7.84. The smallest absolute Gasteiger partial charge is 0.341 e. The van der Waals surface area contributed by atoms with Crippen LogP contribution in [-0.2, 0) is 6.54 Å². The zero-order chi connectivity index (χ0) is 19.3. The number of carboxylic acids is 1. The minimum Gasteiger partial charge on any atom is -0.477 e. The molecule has 0 spiro atoms. The van der Waals surface area contributed by atoms with Crippen molar-refractivity contribution in [1.29, 1.82) is 0 Å². The molecular formula is C21H22ClN3O3. The van der Waals surface area contributed by atoms with Crippen LogP contribution in [0.15, 0.2) is 35.3 Å².